The Morgan fingerprint density at radius 1 is 0.871 bits per heavy atom. The van der Waals surface area contributed by atoms with Gasteiger partial charge in [-0.2, -0.15) is 0 Å². The zero-order valence-corrected chi connectivity index (χ0v) is 18.0. The first-order valence-corrected chi connectivity index (χ1v) is 11.0. The van der Waals surface area contributed by atoms with Gasteiger partial charge in [0.05, 0.1) is 4.90 Å². The molecule has 3 aromatic rings. The third-order valence-electron chi connectivity index (χ3n) is 4.62. The summed E-state index contributed by atoms with van der Waals surface area (Å²) in [6, 6.07) is 21.4. The lowest BCUT2D eigenvalue weighted by Crippen LogP contribution is -2.26. The van der Waals surface area contributed by atoms with E-state index < -0.39 is 10.0 Å². The summed E-state index contributed by atoms with van der Waals surface area (Å²) >= 11 is 0. The number of benzene rings is 3. The Morgan fingerprint density at radius 2 is 1.55 bits per heavy atom. The maximum absolute atomic E-state index is 12.8. The number of hydrogen-bond acceptors (Lipinski definition) is 4. The van der Waals surface area contributed by atoms with E-state index in [1.807, 2.05) is 0 Å². The first-order valence-electron chi connectivity index (χ1n) is 9.54. The molecule has 2 N–H and O–H groups in total. The van der Waals surface area contributed by atoms with Crippen LogP contribution in [0.15, 0.2) is 83.8 Å². The minimum Gasteiger partial charge on any atom is -0.355 e. The summed E-state index contributed by atoms with van der Waals surface area (Å²) < 4.78 is 27.5. The van der Waals surface area contributed by atoms with E-state index in [0.29, 0.717) is 23.4 Å². The van der Waals surface area contributed by atoms with E-state index in [4.69, 9.17) is 0 Å². The number of nitrogens with one attached hydrogen (secondary N) is 2. The Balaban J connectivity index is 1.71. The molecule has 8 heteroatoms. The fraction of sp³-hybridized carbons (Fsp3) is 0.130. The van der Waals surface area contributed by atoms with Crippen LogP contribution in [0, 0.1) is 0 Å². The zero-order chi connectivity index (χ0) is 22.4. The maximum atomic E-state index is 12.8. The molecule has 31 heavy (non-hydrogen) atoms. The minimum atomic E-state index is -3.75. The Kier molecular flexibility index (Phi) is 6.71. The zero-order valence-electron chi connectivity index (χ0n) is 17.2. The Hall–Kier alpha value is -3.65. The topological polar surface area (TPSA) is 95.6 Å². The molecule has 3 aromatic carbocycles. The van der Waals surface area contributed by atoms with Crippen LogP contribution in [0.5, 0.6) is 0 Å². The molecule has 0 aliphatic carbocycles. The van der Waals surface area contributed by atoms with Gasteiger partial charge in [-0.15, -0.1) is 0 Å². The largest absolute Gasteiger partial charge is 0.355 e. The third kappa shape index (κ3) is 5.49. The monoisotopic (exact) mass is 437 g/mol. The molecule has 0 bridgehead atoms. The van der Waals surface area contributed by atoms with Gasteiger partial charge in [-0.3, -0.25) is 14.3 Å². The number of carbonyl (C=O) groups is 2. The Labute approximate surface area is 181 Å². The van der Waals surface area contributed by atoms with Gasteiger partial charge < -0.3 is 10.2 Å². The quantitative estimate of drug-likeness (QED) is 0.594. The first-order chi connectivity index (χ1) is 14.8. The van der Waals surface area contributed by atoms with Gasteiger partial charge in [0.1, 0.15) is 0 Å². The smallest absolute Gasteiger partial charge is 0.261 e. The molecular weight excluding hydrogens is 414 g/mol. The van der Waals surface area contributed by atoms with Crippen molar-refractivity contribution in [3.05, 3.63) is 95.6 Å². The average molecular weight is 438 g/mol. The molecule has 0 saturated heterocycles. The van der Waals surface area contributed by atoms with Gasteiger partial charge >= 0.3 is 0 Å². The van der Waals surface area contributed by atoms with Crippen LogP contribution in [0.25, 0.3) is 0 Å². The van der Waals surface area contributed by atoms with Crippen molar-refractivity contribution < 1.29 is 18.0 Å². The van der Waals surface area contributed by atoms with Crippen LogP contribution in [0.3, 0.4) is 0 Å². The van der Waals surface area contributed by atoms with Crippen LogP contribution < -0.4 is 10.0 Å². The first kappa shape index (κ1) is 22.0. The fourth-order valence-corrected chi connectivity index (χ4v) is 4.07. The van der Waals surface area contributed by atoms with E-state index >= 15 is 0 Å². The molecule has 160 valence electrons. The number of hydrogen-bond donors (Lipinski definition) is 2. The maximum Gasteiger partial charge on any atom is 0.261 e. The molecule has 0 aliphatic rings. The van der Waals surface area contributed by atoms with Crippen LogP contribution in [0.4, 0.5) is 5.69 Å². The lowest BCUT2D eigenvalue weighted by Gasteiger charge is -2.18. The Bertz CT molecular complexity index is 1180. The van der Waals surface area contributed by atoms with Crippen molar-refractivity contribution in [2.45, 2.75) is 11.4 Å². The van der Waals surface area contributed by atoms with Gasteiger partial charge in [0.15, 0.2) is 0 Å². The summed E-state index contributed by atoms with van der Waals surface area (Å²) in [5.41, 5.74) is 2.07. The lowest BCUT2D eigenvalue weighted by atomic mass is 10.1. The fourth-order valence-electron chi connectivity index (χ4n) is 3.00. The molecule has 0 fully saturated rings. The van der Waals surface area contributed by atoms with Crippen LogP contribution in [-0.4, -0.2) is 39.2 Å². The highest BCUT2D eigenvalue weighted by molar-refractivity contribution is 7.92. The SMILES string of the molecule is CNC(=O)c1ccc(CN(C)C(=O)c2cccc(NS(=O)(=O)c3ccccc3)c2)cc1. The second-order valence-electron chi connectivity index (χ2n) is 6.94. The second-order valence-corrected chi connectivity index (χ2v) is 8.62. The van der Waals surface area contributed by atoms with Gasteiger partial charge in [-0.1, -0.05) is 36.4 Å². The van der Waals surface area contributed by atoms with Crippen molar-refractivity contribution in [2.24, 2.45) is 0 Å². The van der Waals surface area contributed by atoms with Crippen molar-refractivity contribution >= 4 is 27.5 Å². The van der Waals surface area contributed by atoms with Crippen molar-refractivity contribution in [3.63, 3.8) is 0 Å². The normalized spacial score (nSPS) is 10.9. The van der Waals surface area contributed by atoms with Gasteiger partial charge in [0, 0.05) is 37.5 Å². The van der Waals surface area contributed by atoms with Crippen LogP contribution in [-0.2, 0) is 16.6 Å². The molecule has 0 unspecified atom stereocenters. The molecule has 0 radical (unpaired) electrons. The van der Waals surface area contributed by atoms with E-state index in [1.54, 1.807) is 74.8 Å². The molecule has 7 nitrogen and oxygen atoms in total. The van der Waals surface area contributed by atoms with E-state index in [2.05, 4.69) is 10.0 Å². The highest BCUT2D eigenvalue weighted by Gasteiger charge is 2.16. The molecular formula is C23H23N3O4S. The number of rotatable bonds is 7. The number of anilines is 1. The number of nitrogens with zero attached hydrogens (tertiary/aromatic N) is 1. The van der Waals surface area contributed by atoms with Crippen molar-refractivity contribution in [1.82, 2.24) is 10.2 Å². The summed E-state index contributed by atoms with van der Waals surface area (Å²) in [7, 11) is -0.517. The molecule has 0 aromatic heterocycles. The second kappa shape index (κ2) is 9.44. The summed E-state index contributed by atoms with van der Waals surface area (Å²) in [4.78, 5) is 26.2. The highest BCUT2D eigenvalue weighted by Crippen LogP contribution is 2.18. The summed E-state index contributed by atoms with van der Waals surface area (Å²) in [6.07, 6.45) is 0. The van der Waals surface area contributed by atoms with E-state index in [-0.39, 0.29) is 16.7 Å². The molecule has 2 amide bonds. The molecule has 3 rings (SSSR count). The standard InChI is InChI=1S/C23H23N3O4S/c1-24-22(27)18-13-11-17(12-14-18)16-26(2)23(28)19-7-6-8-20(15-19)25-31(29,30)21-9-4-3-5-10-21/h3-15,25H,16H2,1-2H3,(H,24,27). The van der Waals surface area contributed by atoms with Crippen molar-refractivity contribution in [3.8, 4) is 0 Å². The molecule has 0 spiro atoms. The number of amides is 2. The van der Waals surface area contributed by atoms with Gasteiger partial charge in [-0.05, 0) is 48.0 Å². The highest BCUT2D eigenvalue weighted by atomic mass is 32.2. The predicted molar refractivity (Wildman–Crippen MR) is 119 cm³/mol. The number of sulfonamides is 1. The summed E-state index contributed by atoms with van der Waals surface area (Å²) in [6.45, 7) is 0.340. The average Bonchev–Trinajstić information content (AvgIpc) is 2.79. The third-order valence-corrected chi connectivity index (χ3v) is 6.02. The predicted octanol–water partition coefficient (Wildman–Crippen LogP) is 3.12. The Morgan fingerprint density at radius 3 is 2.19 bits per heavy atom. The van der Waals surface area contributed by atoms with E-state index in [0.717, 1.165) is 5.56 Å². The van der Waals surface area contributed by atoms with Crippen molar-refractivity contribution in [2.75, 3.05) is 18.8 Å². The van der Waals surface area contributed by atoms with E-state index in [1.165, 1.54) is 23.1 Å². The van der Waals surface area contributed by atoms with Crippen LogP contribution in [0.2, 0.25) is 0 Å². The van der Waals surface area contributed by atoms with Gasteiger partial charge in [0.25, 0.3) is 21.8 Å². The van der Waals surface area contributed by atoms with E-state index in [9.17, 15) is 18.0 Å². The summed E-state index contributed by atoms with van der Waals surface area (Å²) in [5, 5.41) is 2.56. The molecule has 0 atom stereocenters. The number of carbonyl (C=O) groups excluding carboxylic acids is 2. The minimum absolute atomic E-state index is 0.143. The van der Waals surface area contributed by atoms with Crippen LogP contribution >= 0.6 is 0 Å². The molecule has 0 saturated carbocycles. The molecule has 0 heterocycles. The van der Waals surface area contributed by atoms with Gasteiger partial charge in [-0.25, -0.2) is 8.42 Å². The molecule has 0 aliphatic heterocycles. The van der Waals surface area contributed by atoms with Crippen LogP contribution in [0.1, 0.15) is 26.3 Å². The van der Waals surface area contributed by atoms with Gasteiger partial charge in [0.2, 0.25) is 0 Å². The summed E-state index contributed by atoms with van der Waals surface area (Å²) in [5.74, 6) is -0.429. The van der Waals surface area contributed by atoms with Crippen molar-refractivity contribution in [1.29, 1.82) is 0 Å². The lowest BCUT2D eigenvalue weighted by molar-refractivity contribution is 0.0784.